The van der Waals surface area contributed by atoms with Crippen LogP contribution in [0.5, 0.6) is 0 Å². The molecule has 0 amide bonds. The summed E-state index contributed by atoms with van der Waals surface area (Å²) in [6, 6.07) is 6.57. The molecule has 1 unspecified atom stereocenters. The van der Waals surface area contributed by atoms with Gasteiger partial charge in [0.05, 0.1) is 18.8 Å². The molecule has 0 spiro atoms. The van der Waals surface area contributed by atoms with Gasteiger partial charge in [0.15, 0.2) is 0 Å². The zero-order valence-electron chi connectivity index (χ0n) is 9.79. The maximum Gasteiger partial charge on any atom is 0.271 e. The summed E-state index contributed by atoms with van der Waals surface area (Å²) in [5, 5.41) is 7.86. The third-order valence-electron chi connectivity index (χ3n) is 2.47. The summed E-state index contributed by atoms with van der Waals surface area (Å²) in [5.41, 5.74) is 0. The molecule has 0 aromatic carbocycles. The largest absolute Gasteiger partial charge is 0.468 e. The average molecular weight is 270 g/mol. The van der Waals surface area contributed by atoms with E-state index in [4.69, 9.17) is 14.0 Å². The lowest BCUT2D eigenvalue weighted by molar-refractivity contribution is 0.376. The van der Waals surface area contributed by atoms with Crippen LogP contribution in [0.2, 0.25) is 0 Å². The summed E-state index contributed by atoms with van der Waals surface area (Å²) in [7, 11) is -3.78. The Bertz CT molecular complexity index is 601. The first-order chi connectivity index (χ1) is 8.47. The zero-order valence-corrected chi connectivity index (χ0v) is 10.6. The number of sulfonamides is 1. The number of nitrogens with two attached hydrogens (primary N) is 1. The fourth-order valence-electron chi connectivity index (χ4n) is 1.50. The van der Waals surface area contributed by atoms with Crippen LogP contribution in [0.25, 0.3) is 0 Å². The maximum atomic E-state index is 11.0. The molecule has 0 saturated carbocycles. The van der Waals surface area contributed by atoms with E-state index >= 15 is 0 Å². The van der Waals surface area contributed by atoms with Crippen LogP contribution in [-0.4, -0.2) is 8.42 Å². The van der Waals surface area contributed by atoms with E-state index < -0.39 is 10.0 Å². The normalized spacial score (nSPS) is 13.7. The minimum Gasteiger partial charge on any atom is -0.468 e. The summed E-state index contributed by atoms with van der Waals surface area (Å²) in [6.45, 7) is 2.32. The standard InChI is InChI=1S/C11H14N2O4S/c1-8(10-3-2-6-16-10)13-7-9-4-5-11(17-9)18(12,14)15/h2-6,8,13H,7H2,1H3,(H2,12,14,15). The summed E-state index contributed by atoms with van der Waals surface area (Å²) in [6.07, 6.45) is 1.60. The molecule has 0 fully saturated rings. The Morgan fingerprint density at radius 2 is 2.17 bits per heavy atom. The molecule has 0 bridgehead atoms. The number of hydrogen-bond donors (Lipinski definition) is 2. The molecule has 0 aliphatic heterocycles. The van der Waals surface area contributed by atoms with Crippen molar-refractivity contribution in [3.63, 3.8) is 0 Å². The van der Waals surface area contributed by atoms with Crippen LogP contribution in [0.4, 0.5) is 0 Å². The second kappa shape index (κ2) is 4.97. The minimum absolute atomic E-state index is 0.00281. The molecule has 2 rings (SSSR count). The van der Waals surface area contributed by atoms with Crippen molar-refractivity contribution in [1.29, 1.82) is 0 Å². The summed E-state index contributed by atoms with van der Waals surface area (Å²) >= 11 is 0. The molecule has 18 heavy (non-hydrogen) atoms. The predicted octanol–water partition coefficient (Wildman–Crippen LogP) is 1.37. The van der Waals surface area contributed by atoms with Crippen molar-refractivity contribution < 1.29 is 17.3 Å². The maximum absolute atomic E-state index is 11.0. The molecule has 6 nitrogen and oxygen atoms in total. The van der Waals surface area contributed by atoms with Crippen molar-refractivity contribution in [2.75, 3.05) is 0 Å². The molecule has 0 radical (unpaired) electrons. The minimum atomic E-state index is -3.78. The second-order valence-electron chi connectivity index (χ2n) is 3.88. The first-order valence-corrected chi connectivity index (χ1v) is 6.90. The van der Waals surface area contributed by atoms with Crippen molar-refractivity contribution in [2.45, 2.75) is 24.6 Å². The first kappa shape index (κ1) is 12.9. The van der Waals surface area contributed by atoms with Gasteiger partial charge in [-0.25, -0.2) is 13.6 Å². The van der Waals surface area contributed by atoms with Gasteiger partial charge in [-0.1, -0.05) is 0 Å². The average Bonchev–Trinajstić information content (AvgIpc) is 2.96. The molecule has 2 heterocycles. The third-order valence-corrected chi connectivity index (χ3v) is 3.25. The molecule has 3 N–H and O–H groups in total. The Morgan fingerprint density at radius 1 is 1.39 bits per heavy atom. The van der Waals surface area contributed by atoms with Crippen LogP contribution in [0.15, 0.2) is 44.5 Å². The number of primary sulfonamides is 1. The highest BCUT2D eigenvalue weighted by Crippen LogP contribution is 2.15. The second-order valence-corrected chi connectivity index (χ2v) is 5.38. The van der Waals surface area contributed by atoms with Crippen molar-refractivity contribution in [1.82, 2.24) is 5.32 Å². The van der Waals surface area contributed by atoms with Gasteiger partial charge in [0.1, 0.15) is 11.5 Å². The van der Waals surface area contributed by atoms with Crippen molar-refractivity contribution in [3.05, 3.63) is 42.0 Å². The Hall–Kier alpha value is -1.57. The molecule has 0 saturated heterocycles. The molecule has 7 heteroatoms. The van der Waals surface area contributed by atoms with Gasteiger partial charge in [0.25, 0.3) is 10.0 Å². The highest BCUT2D eigenvalue weighted by molar-refractivity contribution is 7.89. The van der Waals surface area contributed by atoms with Crippen molar-refractivity contribution >= 4 is 10.0 Å². The quantitative estimate of drug-likeness (QED) is 0.855. The topological polar surface area (TPSA) is 98.5 Å². The predicted molar refractivity (Wildman–Crippen MR) is 64.0 cm³/mol. The highest BCUT2D eigenvalue weighted by atomic mass is 32.2. The van der Waals surface area contributed by atoms with E-state index in [2.05, 4.69) is 5.32 Å². The van der Waals surface area contributed by atoms with Crippen LogP contribution >= 0.6 is 0 Å². The molecular formula is C11H14N2O4S. The summed E-state index contributed by atoms with van der Waals surface area (Å²) in [5.74, 6) is 1.30. The van der Waals surface area contributed by atoms with E-state index in [0.29, 0.717) is 12.3 Å². The van der Waals surface area contributed by atoms with Crippen LogP contribution < -0.4 is 10.5 Å². The van der Waals surface area contributed by atoms with Crippen LogP contribution in [0.1, 0.15) is 24.5 Å². The van der Waals surface area contributed by atoms with Gasteiger partial charge >= 0.3 is 0 Å². The van der Waals surface area contributed by atoms with Gasteiger partial charge < -0.3 is 14.2 Å². The number of furan rings is 2. The van der Waals surface area contributed by atoms with E-state index in [0.717, 1.165) is 5.76 Å². The van der Waals surface area contributed by atoms with E-state index in [-0.39, 0.29) is 11.1 Å². The van der Waals surface area contributed by atoms with E-state index in [1.54, 1.807) is 18.4 Å². The van der Waals surface area contributed by atoms with Gasteiger partial charge in [-0.15, -0.1) is 0 Å². The molecule has 0 aliphatic carbocycles. The third kappa shape index (κ3) is 3.00. The lowest BCUT2D eigenvalue weighted by atomic mass is 10.2. The van der Waals surface area contributed by atoms with Crippen LogP contribution in [0, 0.1) is 0 Å². The number of rotatable bonds is 5. The Morgan fingerprint density at radius 3 is 2.72 bits per heavy atom. The fraction of sp³-hybridized carbons (Fsp3) is 0.273. The van der Waals surface area contributed by atoms with E-state index in [1.165, 1.54) is 6.07 Å². The lowest BCUT2D eigenvalue weighted by Gasteiger charge is -2.09. The van der Waals surface area contributed by atoms with E-state index in [1.807, 2.05) is 13.0 Å². The summed E-state index contributed by atoms with van der Waals surface area (Å²) < 4.78 is 32.4. The first-order valence-electron chi connectivity index (χ1n) is 5.35. The molecule has 2 aromatic rings. The molecule has 2 aromatic heterocycles. The Kier molecular flexibility index (Phi) is 3.55. The Balaban J connectivity index is 1.97. The van der Waals surface area contributed by atoms with Gasteiger partial charge in [-0.05, 0) is 31.2 Å². The van der Waals surface area contributed by atoms with Gasteiger partial charge in [0, 0.05) is 0 Å². The zero-order chi connectivity index (χ0) is 13.2. The Labute approximate surface area is 105 Å². The number of hydrogen-bond acceptors (Lipinski definition) is 5. The van der Waals surface area contributed by atoms with Crippen molar-refractivity contribution in [3.8, 4) is 0 Å². The van der Waals surface area contributed by atoms with E-state index in [9.17, 15) is 8.42 Å². The smallest absolute Gasteiger partial charge is 0.271 e. The van der Waals surface area contributed by atoms with Crippen LogP contribution in [0.3, 0.4) is 0 Å². The van der Waals surface area contributed by atoms with Crippen LogP contribution in [-0.2, 0) is 16.6 Å². The lowest BCUT2D eigenvalue weighted by Crippen LogP contribution is -2.17. The SMILES string of the molecule is CC(NCc1ccc(S(N)(=O)=O)o1)c1ccco1. The summed E-state index contributed by atoms with van der Waals surface area (Å²) in [4.78, 5) is 0. The molecule has 0 aliphatic rings. The fourth-order valence-corrected chi connectivity index (χ4v) is 1.98. The highest BCUT2D eigenvalue weighted by Gasteiger charge is 2.14. The van der Waals surface area contributed by atoms with Gasteiger partial charge in [0.2, 0.25) is 5.09 Å². The van der Waals surface area contributed by atoms with Gasteiger partial charge in [-0.3, -0.25) is 0 Å². The molecule has 1 atom stereocenters. The molecule has 98 valence electrons. The molecular weight excluding hydrogens is 256 g/mol. The number of nitrogens with one attached hydrogen (secondary N) is 1. The van der Waals surface area contributed by atoms with Gasteiger partial charge in [-0.2, -0.15) is 0 Å². The monoisotopic (exact) mass is 270 g/mol. The van der Waals surface area contributed by atoms with Crippen molar-refractivity contribution in [2.24, 2.45) is 5.14 Å².